The second kappa shape index (κ2) is 6.97. The van der Waals surface area contributed by atoms with E-state index in [-0.39, 0.29) is 5.43 Å². The third-order valence-corrected chi connectivity index (χ3v) is 4.91. The fourth-order valence-electron chi connectivity index (χ4n) is 3.62. The van der Waals surface area contributed by atoms with Crippen molar-refractivity contribution in [3.63, 3.8) is 0 Å². The second-order valence-electron chi connectivity index (χ2n) is 6.52. The first-order chi connectivity index (χ1) is 10.3. The van der Waals surface area contributed by atoms with Crippen LogP contribution in [-0.4, -0.2) is 9.38 Å². The molecule has 0 unspecified atom stereocenters. The molecule has 1 aliphatic rings. The van der Waals surface area contributed by atoms with E-state index in [9.17, 15) is 4.79 Å². The molecule has 3 rings (SSSR count). The van der Waals surface area contributed by atoms with Gasteiger partial charge in [-0.2, -0.15) is 0 Å². The number of nitrogens with zero attached hydrogens (tertiary/aromatic N) is 1. The third kappa shape index (κ3) is 3.78. The van der Waals surface area contributed by atoms with Gasteiger partial charge in [-0.05, 0) is 18.8 Å². The number of aryl methyl sites for hydroxylation is 1. The Morgan fingerprint density at radius 3 is 2.81 bits per heavy atom. The van der Waals surface area contributed by atoms with Crippen LogP contribution >= 0.6 is 0 Å². The van der Waals surface area contributed by atoms with Crippen LogP contribution in [-0.2, 0) is 6.42 Å². The van der Waals surface area contributed by atoms with Gasteiger partial charge in [-0.1, -0.05) is 51.4 Å². The molecule has 1 saturated carbocycles. The Morgan fingerprint density at radius 2 is 1.95 bits per heavy atom. The van der Waals surface area contributed by atoms with Gasteiger partial charge in [0.25, 0.3) is 0 Å². The lowest BCUT2D eigenvalue weighted by Crippen LogP contribution is -2.09. The predicted molar refractivity (Wildman–Crippen MR) is 86.8 cm³/mol. The standard InChI is InChI=1S/C18H26N2O/c21-17-13-18-19-11-12-20(18)14-16(17)10-4-2-1-3-7-15-8-5-6-9-15/h11-15,19H,1-10H2. The lowest BCUT2D eigenvalue weighted by molar-refractivity contribution is 0.464. The molecule has 2 heterocycles. The normalized spacial score (nSPS) is 16.0. The predicted octanol–water partition coefficient (Wildman–Crippen LogP) is 4.31. The maximum Gasteiger partial charge on any atom is 0.186 e. The average molecular weight is 286 g/mol. The van der Waals surface area contributed by atoms with Gasteiger partial charge in [0.05, 0.1) is 0 Å². The van der Waals surface area contributed by atoms with Crippen LogP contribution in [0.4, 0.5) is 0 Å². The Morgan fingerprint density at radius 1 is 1.14 bits per heavy atom. The lowest BCUT2D eigenvalue weighted by Gasteiger charge is -2.08. The van der Waals surface area contributed by atoms with Gasteiger partial charge in [0.2, 0.25) is 0 Å². The summed E-state index contributed by atoms with van der Waals surface area (Å²) in [6, 6.07) is 1.70. The molecule has 1 N–H and O–H groups in total. The zero-order chi connectivity index (χ0) is 14.5. The van der Waals surface area contributed by atoms with Gasteiger partial charge < -0.3 is 9.38 Å². The zero-order valence-corrected chi connectivity index (χ0v) is 12.8. The van der Waals surface area contributed by atoms with Crippen LogP contribution in [0.3, 0.4) is 0 Å². The molecule has 0 bridgehead atoms. The molecular formula is C18H26N2O. The summed E-state index contributed by atoms with van der Waals surface area (Å²) < 4.78 is 2.00. The molecule has 1 aliphatic carbocycles. The highest BCUT2D eigenvalue weighted by molar-refractivity contribution is 5.39. The van der Waals surface area contributed by atoms with Crippen LogP contribution in [0.25, 0.3) is 5.65 Å². The number of unbranched alkanes of at least 4 members (excludes halogenated alkanes) is 3. The van der Waals surface area contributed by atoms with Crippen LogP contribution in [0.15, 0.2) is 29.5 Å². The maximum atomic E-state index is 12.0. The van der Waals surface area contributed by atoms with Gasteiger partial charge in [-0.25, -0.2) is 0 Å². The average Bonchev–Trinajstić information content (AvgIpc) is 3.13. The van der Waals surface area contributed by atoms with Crippen molar-refractivity contribution in [2.24, 2.45) is 5.92 Å². The van der Waals surface area contributed by atoms with Crippen LogP contribution in [0.5, 0.6) is 0 Å². The Bertz CT molecular complexity index is 619. The Kier molecular flexibility index (Phi) is 4.79. The minimum atomic E-state index is 0.170. The second-order valence-corrected chi connectivity index (χ2v) is 6.52. The molecule has 0 aliphatic heterocycles. The molecule has 0 amide bonds. The molecular weight excluding hydrogens is 260 g/mol. The van der Waals surface area contributed by atoms with Gasteiger partial charge in [0.15, 0.2) is 5.43 Å². The van der Waals surface area contributed by atoms with Crippen molar-refractivity contribution in [2.45, 2.75) is 64.2 Å². The Labute approximate surface area is 126 Å². The number of pyridine rings is 1. The summed E-state index contributed by atoms with van der Waals surface area (Å²) in [5.41, 5.74) is 1.99. The summed E-state index contributed by atoms with van der Waals surface area (Å²) in [6.45, 7) is 0. The number of rotatable bonds is 7. The van der Waals surface area contributed by atoms with Gasteiger partial charge in [-0.3, -0.25) is 4.79 Å². The minimum absolute atomic E-state index is 0.170. The Balaban J connectivity index is 1.39. The summed E-state index contributed by atoms with van der Waals surface area (Å²) in [5.74, 6) is 1.02. The topological polar surface area (TPSA) is 37.3 Å². The highest BCUT2D eigenvalue weighted by atomic mass is 16.1. The fourth-order valence-corrected chi connectivity index (χ4v) is 3.62. The minimum Gasteiger partial charge on any atom is -0.346 e. The largest absolute Gasteiger partial charge is 0.346 e. The monoisotopic (exact) mass is 286 g/mol. The number of H-pyrrole nitrogens is 1. The maximum absolute atomic E-state index is 12.0. The molecule has 0 radical (unpaired) electrons. The molecule has 21 heavy (non-hydrogen) atoms. The molecule has 0 atom stereocenters. The van der Waals surface area contributed by atoms with Gasteiger partial charge in [0, 0.05) is 30.2 Å². The zero-order valence-electron chi connectivity index (χ0n) is 12.8. The van der Waals surface area contributed by atoms with Gasteiger partial charge in [0.1, 0.15) is 5.65 Å². The SMILES string of the molecule is O=c1cc2[nH]ccn2cc1CCCCCCC1CCCC1. The van der Waals surface area contributed by atoms with E-state index >= 15 is 0 Å². The van der Waals surface area contributed by atoms with Crippen LogP contribution < -0.4 is 5.43 Å². The van der Waals surface area contributed by atoms with E-state index in [0.717, 1.165) is 30.0 Å². The first kappa shape index (κ1) is 14.4. The number of aromatic amines is 1. The molecule has 2 aromatic heterocycles. The van der Waals surface area contributed by atoms with Gasteiger partial charge in [-0.15, -0.1) is 0 Å². The number of hydrogen-bond acceptors (Lipinski definition) is 1. The first-order valence-corrected chi connectivity index (χ1v) is 8.51. The van der Waals surface area contributed by atoms with E-state index in [1.54, 1.807) is 6.07 Å². The molecule has 0 spiro atoms. The number of fused-ring (bicyclic) bond motifs is 1. The van der Waals surface area contributed by atoms with Crippen molar-refractivity contribution in [1.82, 2.24) is 9.38 Å². The lowest BCUT2D eigenvalue weighted by atomic mass is 9.99. The summed E-state index contributed by atoms with van der Waals surface area (Å²) in [4.78, 5) is 15.1. The Hall–Kier alpha value is -1.51. The molecule has 1 fully saturated rings. The summed E-state index contributed by atoms with van der Waals surface area (Å²) in [5, 5.41) is 0. The number of nitrogens with one attached hydrogen (secondary N) is 1. The van der Waals surface area contributed by atoms with Crippen LogP contribution in [0, 0.1) is 5.92 Å². The highest BCUT2D eigenvalue weighted by Gasteiger charge is 2.13. The van der Waals surface area contributed by atoms with Crippen molar-refractivity contribution < 1.29 is 0 Å². The number of hydrogen-bond donors (Lipinski definition) is 1. The van der Waals surface area contributed by atoms with Gasteiger partial charge >= 0.3 is 0 Å². The summed E-state index contributed by atoms with van der Waals surface area (Å²) >= 11 is 0. The van der Waals surface area contributed by atoms with Crippen molar-refractivity contribution in [2.75, 3.05) is 0 Å². The third-order valence-electron chi connectivity index (χ3n) is 4.91. The van der Waals surface area contributed by atoms with Crippen molar-refractivity contribution >= 4 is 5.65 Å². The van der Waals surface area contributed by atoms with E-state index in [1.165, 1.54) is 51.4 Å². The summed E-state index contributed by atoms with van der Waals surface area (Å²) in [7, 11) is 0. The molecule has 3 heteroatoms. The summed E-state index contributed by atoms with van der Waals surface area (Å²) in [6.07, 6.45) is 19.1. The molecule has 114 valence electrons. The van der Waals surface area contributed by atoms with E-state index in [0.29, 0.717) is 0 Å². The quantitative estimate of drug-likeness (QED) is 0.757. The van der Waals surface area contributed by atoms with Crippen LogP contribution in [0.1, 0.15) is 63.4 Å². The van der Waals surface area contributed by atoms with E-state index in [4.69, 9.17) is 0 Å². The van der Waals surface area contributed by atoms with Crippen LogP contribution in [0.2, 0.25) is 0 Å². The number of imidazole rings is 1. The molecule has 3 nitrogen and oxygen atoms in total. The fraction of sp³-hybridized carbons (Fsp3) is 0.611. The van der Waals surface area contributed by atoms with Crippen molar-refractivity contribution in [3.8, 4) is 0 Å². The van der Waals surface area contributed by atoms with E-state index in [1.807, 2.05) is 23.0 Å². The first-order valence-electron chi connectivity index (χ1n) is 8.51. The highest BCUT2D eigenvalue weighted by Crippen LogP contribution is 2.29. The van der Waals surface area contributed by atoms with E-state index < -0.39 is 0 Å². The molecule has 2 aromatic rings. The number of aromatic nitrogens is 2. The molecule has 0 aromatic carbocycles. The van der Waals surface area contributed by atoms with Crippen molar-refractivity contribution in [1.29, 1.82) is 0 Å². The van der Waals surface area contributed by atoms with Crippen molar-refractivity contribution in [3.05, 3.63) is 40.4 Å². The van der Waals surface area contributed by atoms with E-state index in [2.05, 4.69) is 4.98 Å². The molecule has 0 saturated heterocycles. The smallest absolute Gasteiger partial charge is 0.186 e.